The van der Waals surface area contributed by atoms with Gasteiger partial charge in [0, 0.05) is 6.04 Å². The van der Waals surface area contributed by atoms with Gasteiger partial charge in [-0.1, -0.05) is 48.5 Å². The Labute approximate surface area is 136 Å². The van der Waals surface area contributed by atoms with Crippen molar-refractivity contribution < 1.29 is 9.52 Å². The zero-order chi connectivity index (χ0) is 16.1. The summed E-state index contributed by atoms with van der Waals surface area (Å²) in [5.41, 5.74) is 3.57. The van der Waals surface area contributed by atoms with Gasteiger partial charge in [0.15, 0.2) is 0 Å². The number of hydrogen-bond acceptors (Lipinski definition) is 3. The lowest BCUT2D eigenvalue weighted by Gasteiger charge is -2.21. The molecule has 0 bridgehead atoms. The maximum absolute atomic E-state index is 9.60. The van der Waals surface area contributed by atoms with Gasteiger partial charge in [0.25, 0.3) is 0 Å². The molecule has 0 radical (unpaired) electrons. The first kappa shape index (κ1) is 15.5. The Morgan fingerprint density at radius 1 is 0.957 bits per heavy atom. The highest BCUT2D eigenvalue weighted by atomic mass is 16.3. The average molecular weight is 307 g/mol. The van der Waals surface area contributed by atoms with Crippen LogP contribution in [-0.2, 0) is 0 Å². The highest BCUT2D eigenvalue weighted by Crippen LogP contribution is 2.25. The lowest BCUT2D eigenvalue weighted by molar-refractivity contribution is 0.217. The summed E-state index contributed by atoms with van der Waals surface area (Å²) < 4.78 is 5.39. The maximum Gasteiger partial charge on any atom is 0.123 e. The Morgan fingerprint density at radius 2 is 1.74 bits per heavy atom. The van der Waals surface area contributed by atoms with Crippen LogP contribution in [0.1, 0.15) is 30.3 Å². The fourth-order valence-electron chi connectivity index (χ4n) is 2.73. The first-order valence-corrected chi connectivity index (χ1v) is 7.83. The summed E-state index contributed by atoms with van der Waals surface area (Å²) in [6.07, 6.45) is 1.63. The summed E-state index contributed by atoms with van der Waals surface area (Å²) in [4.78, 5) is 0. The van der Waals surface area contributed by atoms with E-state index < -0.39 is 0 Å². The van der Waals surface area contributed by atoms with Crippen LogP contribution in [-0.4, -0.2) is 11.7 Å². The number of benzene rings is 2. The van der Waals surface area contributed by atoms with Crippen LogP contribution >= 0.6 is 0 Å². The summed E-state index contributed by atoms with van der Waals surface area (Å²) in [6, 6.07) is 22.4. The van der Waals surface area contributed by atoms with Gasteiger partial charge >= 0.3 is 0 Å². The summed E-state index contributed by atoms with van der Waals surface area (Å²) in [6.45, 7) is 2.09. The third-order valence-corrected chi connectivity index (χ3v) is 4.01. The molecule has 1 aromatic heterocycles. The SMILES string of the molecule is CC(NC(CO)c1ccco1)c1cccc(-c2ccccc2)c1. The Hall–Kier alpha value is -2.36. The van der Waals surface area contributed by atoms with Crippen LogP contribution in [0, 0.1) is 0 Å². The van der Waals surface area contributed by atoms with Crippen molar-refractivity contribution in [3.8, 4) is 11.1 Å². The second kappa shape index (κ2) is 7.27. The number of hydrogen-bond donors (Lipinski definition) is 2. The molecule has 0 saturated heterocycles. The lowest BCUT2D eigenvalue weighted by Crippen LogP contribution is -2.27. The minimum Gasteiger partial charge on any atom is -0.468 e. The van der Waals surface area contributed by atoms with E-state index in [2.05, 4.69) is 48.6 Å². The molecule has 118 valence electrons. The highest BCUT2D eigenvalue weighted by molar-refractivity contribution is 5.64. The van der Waals surface area contributed by atoms with Crippen molar-refractivity contribution in [2.45, 2.75) is 19.0 Å². The molecule has 3 nitrogen and oxygen atoms in total. The number of aliphatic hydroxyl groups excluding tert-OH is 1. The van der Waals surface area contributed by atoms with Gasteiger partial charge in [-0.05, 0) is 41.8 Å². The molecule has 0 aliphatic heterocycles. The monoisotopic (exact) mass is 307 g/mol. The van der Waals surface area contributed by atoms with E-state index in [1.165, 1.54) is 16.7 Å². The predicted octanol–water partition coefficient (Wildman–Crippen LogP) is 4.33. The standard InChI is InChI=1S/C20H21NO2/c1-15(21-19(14-22)20-11-6-12-23-20)17-9-5-10-18(13-17)16-7-3-2-4-8-16/h2-13,15,19,21-22H,14H2,1H3. The molecule has 2 aromatic carbocycles. The topological polar surface area (TPSA) is 45.4 Å². The summed E-state index contributed by atoms with van der Waals surface area (Å²) >= 11 is 0. The molecule has 0 saturated carbocycles. The lowest BCUT2D eigenvalue weighted by atomic mass is 9.99. The van der Waals surface area contributed by atoms with Gasteiger partial charge in [0.2, 0.25) is 0 Å². The van der Waals surface area contributed by atoms with E-state index in [9.17, 15) is 5.11 Å². The average Bonchev–Trinajstić information content (AvgIpc) is 3.15. The molecular formula is C20H21NO2. The third-order valence-electron chi connectivity index (χ3n) is 4.01. The van der Waals surface area contributed by atoms with E-state index in [1.54, 1.807) is 6.26 Å². The van der Waals surface area contributed by atoms with Crippen LogP contribution in [0.15, 0.2) is 77.4 Å². The second-order valence-corrected chi connectivity index (χ2v) is 5.63. The van der Waals surface area contributed by atoms with Gasteiger partial charge in [0.05, 0.1) is 18.9 Å². The van der Waals surface area contributed by atoms with Crippen molar-refractivity contribution in [1.82, 2.24) is 5.32 Å². The van der Waals surface area contributed by atoms with Crippen LogP contribution in [0.25, 0.3) is 11.1 Å². The van der Waals surface area contributed by atoms with E-state index in [-0.39, 0.29) is 18.7 Å². The smallest absolute Gasteiger partial charge is 0.123 e. The molecule has 3 heteroatoms. The summed E-state index contributed by atoms with van der Waals surface area (Å²) in [5.74, 6) is 0.749. The molecular weight excluding hydrogens is 286 g/mol. The number of aliphatic hydroxyl groups is 1. The largest absolute Gasteiger partial charge is 0.468 e. The fourth-order valence-corrected chi connectivity index (χ4v) is 2.73. The second-order valence-electron chi connectivity index (χ2n) is 5.63. The first-order chi connectivity index (χ1) is 11.3. The molecule has 2 unspecified atom stereocenters. The van der Waals surface area contributed by atoms with E-state index in [0.717, 1.165) is 5.76 Å². The molecule has 2 atom stereocenters. The maximum atomic E-state index is 9.60. The molecule has 3 rings (SSSR count). The molecule has 0 fully saturated rings. The van der Waals surface area contributed by atoms with Crippen LogP contribution in [0.3, 0.4) is 0 Å². The zero-order valence-corrected chi connectivity index (χ0v) is 13.1. The van der Waals surface area contributed by atoms with Gasteiger partial charge < -0.3 is 9.52 Å². The van der Waals surface area contributed by atoms with E-state index in [0.29, 0.717) is 0 Å². The minimum absolute atomic E-state index is 0.00374. The third kappa shape index (κ3) is 3.70. The van der Waals surface area contributed by atoms with Gasteiger partial charge in [-0.25, -0.2) is 0 Å². The molecule has 0 spiro atoms. The number of furan rings is 1. The Morgan fingerprint density at radius 3 is 2.43 bits per heavy atom. The Balaban J connectivity index is 1.78. The normalized spacial score (nSPS) is 13.7. The molecule has 1 heterocycles. The van der Waals surface area contributed by atoms with Crippen molar-refractivity contribution in [3.05, 3.63) is 84.3 Å². The summed E-state index contributed by atoms with van der Waals surface area (Å²) in [5, 5.41) is 13.0. The molecule has 3 aromatic rings. The number of rotatable bonds is 6. The zero-order valence-electron chi connectivity index (χ0n) is 13.1. The van der Waals surface area contributed by atoms with Crippen molar-refractivity contribution in [2.75, 3.05) is 6.61 Å². The summed E-state index contributed by atoms with van der Waals surface area (Å²) in [7, 11) is 0. The molecule has 0 aliphatic carbocycles. The molecule has 0 amide bonds. The van der Waals surface area contributed by atoms with Gasteiger partial charge in [0.1, 0.15) is 5.76 Å². The molecule has 2 N–H and O–H groups in total. The van der Waals surface area contributed by atoms with Gasteiger partial charge in [-0.2, -0.15) is 0 Å². The van der Waals surface area contributed by atoms with Crippen LogP contribution < -0.4 is 5.32 Å². The first-order valence-electron chi connectivity index (χ1n) is 7.83. The molecule has 0 aliphatic rings. The Kier molecular flexibility index (Phi) is 4.91. The molecule has 23 heavy (non-hydrogen) atoms. The van der Waals surface area contributed by atoms with Gasteiger partial charge in [-0.3, -0.25) is 5.32 Å². The minimum atomic E-state index is -0.208. The van der Waals surface area contributed by atoms with Gasteiger partial charge in [-0.15, -0.1) is 0 Å². The predicted molar refractivity (Wildman–Crippen MR) is 92.0 cm³/mol. The quantitative estimate of drug-likeness (QED) is 0.712. The van der Waals surface area contributed by atoms with E-state index in [4.69, 9.17) is 4.42 Å². The van der Waals surface area contributed by atoms with Crippen molar-refractivity contribution in [1.29, 1.82) is 0 Å². The highest BCUT2D eigenvalue weighted by Gasteiger charge is 2.17. The van der Waals surface area contributed by atoms with Crippen LogP contribution in [0.4, 0.5) is 0 Å². The van der Waals surface area contributed by atoms with Crippen LogP contribution in [0.5, 0.6) is 0 Å². The van der Waals surface area contributed by atoms with E-state index in [1.807, 2.05) is 30.3 Å². The van der Waals surface area contributed by atoms with Crippen LogP contribution in [0.2, 0.25) is 0 Å². The Bertz CT molecular complexity index is 722. The number of nitrogens with one attached hydrogen (secondary N) is 1. The van der Waals surface area contributed by atoms with Crippen molar-refractivity contribution in [3.63, 3.8) is 0 Å². The van der Waals surface area contributed by atoms with Crippen molar-refractivity contribution in [2.24, 2.45) is 0 Å². The van der Waals surface area contributed by atoms with Crippen molar-refractivity contribution >= 4 is 0 Å². The van der Waals surface area contributed by atoms with E-state index >= 15 is 0 Å². The fraction of sp³-hybridized carbons (Fsp3) is 0.200.